The number of benzene rings is 1. The Morgan fingerprint density at radius 2 is 1.12 bits per heavy atom. The van der Waals surface area contributed by atoms with Crippen molar-refractivity contribution in [3.8, 4) is 0 Å². The Labute approximate surface area is 173 Å². The zero-order valence-electron chi connectivity index (χ0n) is 12.7. The standard InChI is InChI=1S/C18H16Cl2N2.2BrH/c19-17-6-2-8-21(13-17)11-15-4-1-5-16(10-15)12-22-9-3-7-18(20)14-22;;/h1-10,13-14H,11-12H2;2*1H/q+2;;/p-2. The predicted molar refractivity (Wildman–Crippen MR) is 87.9 cm³/mol. The van der Waals surface area contributed by atoms with Crippen LogP contribution >= 0.6 is 23.2 Å². The van der Waals surface area contributed by atoms with Crippen molar-refractivity contribution >= 4 is 23.2 Å². The van der Waals surface area contributed by atoms with E-state index in [1.807, 2.05) is 49.1 Å². The topological polar surface area (TPSA) is 7.76 Å². The first-order valence-electron chi connectivity index (χ1n) is 7.06. The van der Waals surface area contributed by atoms with Gasteiger partial charge in [0, 0.05) is 23.3 Å². The average Bonchev–Trinajstić information content (AvgIpc) is 2.47. The molecule has 0 radical (unpaired) electrons. The quantitative estimate of drug-likeness (QED) is 0.363. The van der Waals surface area contributed by atoms with Gasteiger partial charge in [-0.25, -0.2) is 0 Å². The summed E-state index contributed by atoms with van der Waals surface area (Å²) in [5.41, 5.74) is 2.49. The highest BCUT2D eigenvalue weighted by Gasteiger charge is 2.07. The van der Waals surface area contributed by atoms with Crippen molar-refractivity contribution in [1.82, 2.24) is 0 Å². The molecule has 24 heavy (non-hydrogen) atoms. The minimum absolute atomic E-state index is 0. The van der Waals surface area contributed by atoms with Gasteiger partial charge in [-0.05, 0) is 18.2 Å². The zero-order valence-corrected chi connectivity index (χ0v) is 17.4. The molecule has 0 spiro atoms. The van der Waals surface area contributed by atoms with E-state index in [1.54, 1.807) is 0 Å². The lowest BCUT2D eigenvalue weighted by molar-refractivity contribution is -0.689. The lowest BCUT2D eigenvalue weighted by Gasteiger charge is -2.02. The summed E-state index contributed by atoms with van der Waals surface area (Å²) in [5.74, 6) is 0. The second-order valence-electron chi connectivity index (χ2n) is 5.21. The van der Waals surface area contributed by atoms with Crippen LogP contribution in [0, 0.1) is 0 Å². The maximum Gasteiger partial charge on any atom is 0.187 e. The molecule has 0 aliphatic heterocycles. The first kappa shape index (κ1) is 21.1. The van der Waals surface area contributed by atoms with Crippen LogP contribution in [0.4, 0.5) is 0 Å². The van der Waals surface area contributed by atoms with Gasteiger partial charge in [0.05, 0.1) is 0 Å². The molecule has 3 rings (SSSR count). The van der Waals surface area contributed by atoms with Crippen LogP contribution in [0.2, 0.25) is 10.0 Å². The van der Waals surface area contributed by atoms with Gasteiger partial charge in [0.25, 0.3) is 0 Å². The SMILES string of the molecule is Clc1ccc[n+](Cc2cccc(C[n+]3cccc(Cl)c3)c2)c1.[Br-].[Br-]. The molecule has 0 fully saturated rings. The molecule has 0 saturated carbocycles. The summed E-state index contributed by atoms with van der Waals surface area (Å²) in [4.78, 5) is 0. The molecule has 0 atom stereocenters. The highest BCUT2D eigenvalue weighted by atomic mass is 79.9. The molecule has 0 N–H and O–H groups in total. The summed E-state index contributed by atoms with van der Waals surface area (Å²) in [6.07, 6.45) is 7.90. The number of rotatable bonds is 4. The second-order valence-corrected chi connectivity index (χ2v) is 6.08. The molecule has 0 unspecified atom stereocenters. The monoisotopic (exact) mass is 488 g/mol. The van der Waals surface area contributed by atoms with E-state index in [4.69, 9.17) is 23.2 Å². The Morgan fingerprint density at radius 1 is 0.667 bits per heavy atom. The normalized spacial score (nSPS) is 9.75. The zero-order chi connectivity index (χ0) is 15.4. The molecule has 126 valence electrons. The lowest BCUT2D eigenvalue weighted by atomic mass is 10.1. The Bertz CT molecular complexity index is 734. The van der Waals surface area contributed by atoms with Crippen molar-refractivity contribution in [2.45, 2.75) is 13.1 Å². The highest BCUT2D eigenvalue weighted by molar-refractivity contribution is 6.30. The first-order chi connectivity index (χ1) is 10.7. The number of aromatic nitrogens is 2. The van der Waals surface area contributed by atoms with Crippen molar-refractivity contribution in [3.63, 3.8) is 0 Å². The van der Waals surface area contributed by atoms with Crippen LogP contribution in [0.25, 0.3) is 0 Å². The molecule has 3 aromatic rings. The van der Waals surface area contributed by atoms with Gasteiger partial charge in [0.15, 0.2) is 37.9 Å². The van der Waals surface area contributed by atoms with E-state index in [0.29, 0.717) is 0 Å². The number of pyridine rings is 2. The minimum Gasteiger partial charge on any atom is -1.00 e. The number of halogens is 4. The van der Waals surface area contributed by atoms with E-state index in [1.165, 1.54) is 11.1 Å². The maximum absolute atomic E-state index is 6.03. The van der Waals surface area contributed by atoms with E-state index in [9.17, 15) is 0 Å². The Morgan fingerprint density at radius 3 is 1.54 bits per heavy atom. The van der Waals surface area contributed by atoms with Gasteiger partial charge in [0.1, 0.15) is 10.0 Å². The summed E-state index contributed by atoms with van der Waals surface area (Å²) >= 11 is 12.1. The lowest BCUT2D eigenvalue weighted by Crippen LogP contribution is -3.00. The van der Waals surface area contributed by atoms with Gasteiger partial charge >= 0.3 is 0 Å². The second kappa shape index (κ2) is 10.1. The molecule has 0 bridgehead atoms. The third-order valence-electron chi connectivity index (χ3n) is 3.37. The third kappa shape index (κ3) is 6.17. The molecular formula is C18H16Br2Cl2N2. The van der Waals surface area contributed by atoms with E-state index >= 15 is 0 Å². The fraction of sp³-hybridized carbons (Fsp3) is 0.111. The van der Waals surface area contributed by atoms with Crippen LogP contribution in [0.3, 0.4) is 0 Å². The van der Waals surface area contributed by atoms with Crippen LogP contribution in [0.1, 0.15) is 11.1 Å². The van der Waals surface area contributed by atoms with E-state index in [2.05, 4.69) is 33.4 Å². The van der Waals surface area contributed by atoms with Gasteiger partial charge in [-0.1, -0.05) is 41.4 Å². The number of hydrogen-bond acceptors (Lipinski definition) is 0. The van der Waals surface area contributed by atoms with Crippen molar-refractivity contribution in [1.29, 1.82) is 0 Å². The van der Waals surface area contributed by atoms with Crippen LogP contribution < -0.4 is 43.1 Å². The predicted octanol–water partition coefficient (Wildman–Crippen LogP) is -2.33. The van der Waals surface area contributed by atoms with Crippen LogP contribution in [-0.2, 0) is 13.1 Å². The van der Waals surface area contributed by atoms with E-state index < -0.39 is 0 Å². The Hall–Kier alpha value is -0.940. The van der Waals surface area contributed by atoms with Crippen LogP contribution in [0.15, 0.2) is 73.3 Å². The molecule has 6 heteroatoms. The molecule has 1 aromatic carbocycles. The van der Waals surface area contributed by atoms with Gasteiger partial charge in [-0.3, -0.25) is 0 Å². The highest BCUT2D eigenvalue weighted by Crippen LogP contribution is 2.08. The molecule has 0 aliphatic carbocycles. The molecule has 0 amide bonds. The first-order valence-corrected chi connectivity index (χ1v) is 7.82. The summed E-state index contributed by atoms with van der Waals surface area (Å²) in [5, 5.41) is 1.49. The molecule has 2 aromatic heterocycles. The largest absolute Gasteiger partial charge is 1.00 e. The Balaban J connectivity index is 0.00000144. The van der Waals surface area contributed by atoms with Gasteiger partial charge in [-0.15, -0.1) is 0 Å². The fourth-order valence-corrected chi connectivity index (χ4v) is 2.82. The van der Waals surface area contributed by atoms with Crippen LogP contribution in [-0.4, -0.2) is 0 Å². The number of nitrogens with zero attached hydrogens (tertiary/aromatic N) is 2. The van der Waals surface area contributed by atoms with E-state index in [0.717, 1.165) is 23.1 Å². The maximum atomic E-state index is 6.03. The molecule has 0 aliphatic rings. The molecular weight excluding hydrogens is 475 g/mol. The fourth-order valence-electron chi connectivity index (χ4n) is 2.42. The van der Waals surface area contributed by atoms with E-state index in [-0.39, 0.29) is 34.0 Å². The summed E-state index contributed by atoms with van der Waals surface area (Å²) in [6.45, 7) is 1.60. The summed E-state index contributed by atoms with van der Waals surface area (Å²) < 4.78 is 4.15. The summed E-state index contributed by atoms with van der Waals surface area (Å²) in [6, 6.07) is 16.2. The van der Waals surface area contributed by atoms with Crippen molar-refractivity contribution in [2.24, 2.45) is 0 Å². The minimum atomic E-state index is 0. The van der Waals surface area contributed by atoms with Gasteiger partial charge in [0.2, 0.25) is 0 Å². The summed E-state index contributed by atoms with van der Waals surface area (Å²) in [7, 11) is 0. The van der Waals surface area contributed by atoms with Gasteiger partial charge in [-0.2, -0.15) is 9.13 Å². The number of hydrogen-bond donors (Lipinski definition) is 0. The Kier molecular flexibility index (Phi) is 8.92. The third-order valence-corrected chi connectivity index (χ3v) is 3.81. The van der Waals surface area contributed by atoms with Crippen molar-refractivity contribution in [3.05, 3.63) is 94.5 Å². The molecule has 2 heterocycles. The molecule has 2 nitrogen and oxygen atoms in total. The average molecular weight is 491 g/mol. The molecule has 0 saturated heterocycles. The van der Waals surface area contributed by atoms with Crippen molar-refractivity contribution in [2.75, 3.05) is 0 Å². The van der Waals surface area contributed by atoms with Crippen LogP contribution in [0.5, 0.6) is 0 Å². The van der Waals surface area contributed by atoms with Gasteiger partial charge < -0.3 is 34.0 Å². The van der Waals surface area contributed by atoms with Crippen molar-refractivity contribution < 1.29 is 43.1 Å². The smallest absolute Gasteiger partial charge is 0.187 e.